The maximum atomic E-state index is 9.75. The predicted octanol–water partition coefficient (Wildman–Crippen LogP) is 3.43. The first-order valence-electron chi connectivity index (χ1n) is 3.96. The molecule has 0 spiro atoms. The van der Waals surface area contributed by atoms with Crippen LogP contribution in [-0.2, 0) is 0 Å². The third kappa shape index (κ3) is 6750. The molecule has 0 aromatic carbocycles. The molecule has 0 aliphatic carbocycles. The molecule has 0 atom stereocenters. The summed E-state index contributed by atoms with van der Waals surface area (Å²) in [5.41, 5.74) is 0. The van der Waals surface area contributed by atoms with E-state index in [0.717, 1.165) is 0 Å². The molecule has 0 aliphatic heterocycles. The van der Waals surface area contributed by atoms with E-state index in [9.17, 15) is 51.8 Å². The van der Waals surface area contributed by atoms with E-state index in [0.29, 0.717) is 0 Å². The zero-order chi connectivity index (χ0) is 17.1. The van der Waals surface area contributed by atoms with Crippen molar-refractivity contribution in [2.75, 3.05) is 21.1 Å². The number of rotatable bonds is 0. The van der Waals surface area contributed by atoms with E-state index in [4.69, 9.17) is 0 Å². The van der Waals surface area contributed by atoms with Gasteiger partial charge in [-0.3, -0.25) is 0 Å². The first-order valence-corrected chi connectivity index (χ1v) is 3.96. The molecule has 0 saturated heterocycles. The van der Waals surface area contributed by atoms with Gasteiger partial charge in [-0.1, -0.05) is 0 Å². The van der Waals surface area contributed by atoms with Gasteiger partial charge in [0.25, 0.3) is 0 Å². The number of halogens is 12. The molecule has 0 radical (unpaired) electrons. The molecule has 20 heavy (non-hydrogen) atoms. The molecule has 0 aromatic heterocycles. The molecule has 17 heteroatoms. The predicted molar refractivity (Wildman–Crippen MR) is 57.3 cm³/mol. The van der Waals surface area contributed by atoms with Gasteiger partial charge < -0.3 is 56.7 Å². The fourth-order valence-electron chi connectivity index (χ4n) is 0. The maximum absolute atomic E-state index is 9.75. The summed E-state index contributed by atoms with van der Waals surface area (Å²) in [7, 11) is -12.0. The van der Waals surface area contributed by atoms with Crippen molar-refractivity contribution >= 4 is 73.1 Å². The second-order valence-electron chi connectivity index (χ2n) is 2.83. The molecule has 0 aromatic rings. The Labute approximate surface area is 150 Å². The Morgan fingerprint density at radius 2 is 0.450 bits per heavy atom. The summed E-state index contributed by atoms with van der Waals surface area (Å²) >= 11 is 0. The van der Waals surface area contributed by atoms with Crippen LogP contribution in [0.4, 0.5) is 51.8 Å². The molecular formula is C3H10B3F12KN-3. The Hall–Kier alpha value is 0.951. The SMILES string of the molecule is CN(C)C.F[B-](F)(F)F.F[B-](F)(F)F.F[B-](F)(F)F.[KH]. The quantitative estimate of drug-likeness (QED) is 0.473. The minimum absolute atomic E-state index is 0. The molecule has 0 amide bonds. The monoisotopic (exact) mass is 360 g/mol. The van der Waals surface area contributed by atoms with E-state index in [2.05, 4.69) is 0 Å². The van der Waals surface area contributed by atoms with Crippen molar-refractivity contribution < 1.29 is 51.8 Å². The molecule has 0 aliphatic rings. The summed E-state index contributed by atoms with van der Waals surface area (Å²) < 4.78 is 117. The van der Waals surface area contributed by atoms with Gasteiger partial charge in [0.05, 0.1) is 0 Å². The van der Waals surface area contributed by atoms with Crippen LogP contribution >= 0.6 is 0 Å². The molecule has 0 bridgehead atoms. The van der Waals surface area contributed by atoms with Crippen molar-refractivity contribution in [3.63, 3.8) is 0 Å². The van der Waals surface area contributed by atoms with Crippen LogP contribution in [0, 0.1) is 0 Å². The summed E-state index contributed by atoms with van der Waals surface area (Å²) in [6.45, 7) is 0. The number of hydrogen-bond donors (Lipinski definition) is 0. The van der Waals surface area contributed by atoms with Gasteiger partial charge in [-0.05, 0) is 21.1 Å². The third-order valence-corrected chi connectivity index (χ3v) is 0. The fraction of sp³-hybridized carbons (Fsp3) is 1.00. The zero-order valence-electron chi connectivity index (χ0n) is 9.71. The molecule has 0 heterocycles. The summed E-state index contributed by atoms with van der Waals surface area (Å²) in [5.74, 6) is 0. The van der Waals surface area contributed by atoms with E-state index in [1.54, 1.807) is 0 Å². The average molecular weight is 360 g/mol. The first kappa shape index (κ1) is 32.8. The van der Waals surface area contributed by atoms with E-state index in [-0.39, 0.29) is 51.4 Å². The second-order valence-corrected chi connectivity index (χ2v) is 2.83. The van der Waals surface area contributed by atoms with Crippen molar-refractivity contribution in [3.05, 3.63) is 0 Å². The van der Waals surface area contributed by atoms with Gasteiger partial charge >= 0.3 is 73.1 Å². The topological polar surface area (TPSA) is 3.24 Å². The van der Waals surface area contributed by atoms with Gasteiger partial charge in [0.1, 0.15) is 0 Å². The van der Waals surface area contributed by atoms with Gasteiger partial charge in [0.15, 0.2) is 0 Å². The van der Waals surface area contributed by atoms with Crippen molar-refractivity contribution in [1.82, 2.24) is 4.90 Å². The van der Waals surface area contributed by atoms with Gasteiger partial charge in [0.2, 0.25) is 0 Å². The van der Waals surface area contributed by atoms with Gasteiger partial charge in [-0.2, -0.15) is 0 Å². The van der Waals surface area contributed by atoms with Crippen molar-refractivity contribution in [2.24, 2.45) is 0 Å². The standard InChI is InChI=1S/C3H9N.3BF4.K.H/c1-4(2)3;3*2-1(3,4)5;;/h1-3H3;;;;;/q;3*-1;;. The van der Waals surface area contributed by atoms with Crippen LogP contribution in [0.1, 0.15) is 0 Å². The van der Waals surface area contributed by atoms with Crippen LogP contribution in [0.15, 0.2) is 0 Å². The summed E-state index contributed by atoms with van der Waals surface area (Å²) in [4.78, 5) is 2.00. The van der Waals surface area contributed by atoms with E-state index >= 15 is 0 Å². The number of hydrogen-bond acceptors (Lipinski definition) is 1. The van der Waals surface area contributed by atoms with Crippen molar-refractivity contribution in [2.45, 2.75) is 0 Å². The average Bonchev–Trinajstić information content (AvgIpc) is 1.66. The van der Waals surface area contributed by atoms with E-state index in [1.807, 2.05) is 26.0 Å². The molecular weight excluding hydrogens is 350 g/mol. The second kappa shape index (κ2) is 14.9. The Balaban J connectivity index is -0.0000000494. The molecule has 124 valence electrons. The van der Waals surface area contributed by atoms with E-state index in [1.165, 1.54) is 0 Å². The van der Waals surface area contributed by atoms with Gasteiger partial charge in [-0.15, -0.1) is 0 Å². The van der Waals surface area contributed by atoms with Gasteiger partial charge in [0, 0.05) is 0 Å². The van der Waals surface area contributed by atoms with Crippen LogP contribution in [0.5, 0.6) is 0 Å². The van der Waals surface area contributed by atoms with Crippen molar-refractivity contribution in [1.29, 1.82) is 0 Å². The van der Waals surface area contributed by atoms with Crippen LogP contribution < -0.4 is 0 Å². The minimum atomic E-state index is -6.00. The molecule has 0 rings (SSSR count). The summed E-state index contributed by atoms with van der Waals surface area (Å²) in [6.07, 6.45) is 0. The van der Waals surface area contributed by atoms with Crippen LogP contribution in [0.3, 0.4) is 0 Å². The first-order chi connectivity index (χ1) is 7.73. The summed E-state index contributed by atoms with van der Waals surface area (Å²) in [6, 6.07) is 0. The van der Waals surface area contributed by atoms with Crippen molar-refractivity contribution in [3.8, 4) is 0 Å². The fourth-order valence-corrected chi connectivity index (χ4v) is 0. The normalized spacial score (nSPS) is 10.8. The molecule has 0 N–H and O–H groups in total. The molecule has 0 saturated carbocycles. The van der Waals surface area contributed by atoms with Gasteiger partial charge in [-0.25, -0.2) is 0 Å². The molecule has 0 fully saturated rings. The third-order valence-electron chi connectivity index (χ3n) is 0. The Kier molecular flexibility index (Phi) is 24.4. The van der Waals surface area contributed by atoms with Crippen LogP contribution in [0.25, 0.3) is 0 Å². The Bertz CT molecular complexity index is 139. The Morgan fingerprint density at radius 3 is 0.450 bits per heavy atom. The molecule has 1 nitrogen and oxygen atoms in total. The molecule has 0 unspecified atom stereocenters. The zero-order valence-corrected chi connectivity index (χ0v) is 9.71. The van der Waals surface area contributed by atoms with Crippen LogP contribution in [0.2, 0.25) is 0 Å². The van der Waals surface area contributed by atoms with Crippen LogP contribution in [-0.4, -0.2) is 99.2 Å². The number of nitrogens with zero attached hydrogens (tertiary/aromatic N) is 1. The summed E-state index contributed by atoms with van der Waals surface area (Å²) in [5, 5.41) is 0. The Morgan fingerprint density at radius 1 is 0.450 bits per heavy atom. The van der Waals surface area contributed by atoms with E-state index < -0.39 is 21.8 Å².